The van der Waals surface area contributed by atoms with Crippen molar-refractivity contribution in [3.63, 3.8) is 0 Å². The number of ether oxygens (including phenoxy) is 2. The van der Waals surface area contributed by atoms with Gasteiger partial charge in [0.25, 0.3) is 5.91 Å². The zero-order valence-electron chi connectivity index (χ0n) is 17.8. The molecule has 0 aliphatic carbocycles. The molecule has 8 heteroatoms. The molecule has 0 saturated heterocycles. The second kappa shape index (κ2) is 9.07. The molecule has 0 radical (unpaired) electrons. The molecule has 0 aliphatic rings. The number of fused-ring (bicyclic) bond motifs is 1. The van der Waals surface area contributed by atoms with Crippen LogP contribution in [0.1, 0.15) is 15.9 Å². The van der Waals surface area contributed by atoms with E-state index < -0.39 is 0 Å². The number of hydrogen-bond acceptors (Lipinski definition) is 6. The van der Waals surface area contributed by atoms with Crippen molar-refractivity contribution in [2.75, 3.05) is 19.5 Å². The number of benzene rings is 3. The van der Waals surface area contributed by atoms with Crippen LogP contribution in [0.15, 0.2) is 65.1 Å². The molecule has 4 aromatic rings. The normalized spacial score (nSPS) is 10.6. The summed E-state index contributed by atoms with van der Waals surface area (Å²) >= 11 is 5.36. The van der Waals surface area contributed by atoms with Gasteiger partial charge in [-0.25, -0.2) is 4.98 Å². The maximum atomic E-state index is 12.6. The van der Waals surface area contributed by atoms with E-state index in [9.17, 15) is 4.79 Å². The van der Waals surface area contributed by atoms with Crippen molar-refractivity contribution in [1.82, 2.24) is 10.3 Å². The molecular weight excluding hydrogens is 426 g/mol. The summed E-state index contributed by atoms with van der Waals surface area (Å²) < 4.78 is 16.4. The van der Waals surface area contributed by atoms with Crippen LogP contribution in [0.25, 0.3) is 22.6 Å². The summed E-state index contributed by atoms with van der Waals surface area (Å²) in [4.78, 5) is 17.2. The van der Waals surface area contributed by atoms with Gasteiger partial charge in [0.05, 0.1) is 14.2 Å². The summed E-state index contributed by atoms with van der Waals surface area (Å²) in [6, 6.07) is 18.2. The minimum Gasteiger partial charge on any atom is -0.493 e. The molecule has 0 bridgehead atoms. The van der Waals surface area contributed by atoms with Gasteiger partial charge >= 0.3 is 0 Å². The van der Waals surface area contributed by atoms with Gasteiger partial charge in [-0.15, -0.1) is 0 Å². The Morgan fingerprint density at radius 2 is 1.78 bits per heavy atom. The Morgan fingerprint density at radius 3 is 2.53 bits per heavy atom. The molecule has 1 amide bonds. The number of amides is 1. The Bertz CT molecular complexity index is 1280. The number of anilines is 1. The quantitative estimate of drug-likeness (QED) is 0.419. The fourth-order valence-electron chi connectivity index (χ4n) is 3.30. The number of rotatable bonds is 5. The highest BCUT2D eigenvalue weighted by Gasteiger charge is 2.15. The fourth-order valence-corrected chi connectivity index (χ4v) is 3.50. The van der Waals surface area contributed by atoms with Gasteiger partial charge in [0, 0.05) is 16.8 Å². The van der Waals surface area contributed by atoms with Gasteiger partial charge in [0.15, 0.2) is 22.2 Å². The molecule has 0 aliphatic heterocycles. The third-order valence-corrected chi connectivity index (χ3v) is 5.18. The predicted octanol–water partition coefficient (Wildman–Crippen LogP) is 4.95. The van der Waals surface area contributed by atoms with Gasteiger partial charge < -0.3 is 19.2 Å². The number of carbonyl (C=O) groups excluding carboxylic acids is 1. The van der Waals surface area contributed by atoms with Crippen LogP contribution in [-0.4, -0.2) is 30.2 Å². The third kappa shape index (κ3) is 4.26. The molecular formula is C24H21N3O4S. The van der Waals surface area contributed by atoms with Crippen LogP contribution in [0.3, 0.4) is 0 Å². The summed E-state index contributed by atoms with van der Waals surface area (Å²) in [5.41, 5.74) is 4.36. The SMILES string of the molecule is COc1ccc(C(=O)NC(=S)Nc2cccc(-c3nc4ccccc4o3)c2C)cc1OC. The number of methoxy groups -OCH3 is 2. The van der Waals surface area contributed by atoms with Crippen molar-refractivity contribution in [1.29, 1.82) is 0 Å². The fraction of sp³-hybridized carbons (Fsp3) is 0.125. The van der Waals surface area contributed by atoms with E-state index in [0.717, 1.165) is 27.9 Å². The number of hydrogen-bond donors (Lipinski definition) is 2. The minimum atomic E-state index is -0.365. The summed E-state index contributed by atoms with van der Waals surface area (Å²) in [5, 5.41) is 5.94. The molecule has 7 nitrogen and oxygen atoms in total. The monoisotopic (exact) mass is 447 g/mol. The van der Waals surface area contributed by atoms with Crippen molar-refractivity contribution in [2.24, 2.45) is 0 Å². The lowest BCUT2D eigenvalue weighted by Crippen LogP contribution is -2.34. The number of aromatic nitrogens is 1. The van der Waals surface area contributed by atoms with Crippen molar-refractivity contribution >= 4 is 40.0 Å². The first-order valence-corrected chi connectivity index (χ1v) is 10.2. The van der Waals surface area contributed by atoms with Crippen LogP contribution >= 0.6 is 12.2 Å². The number of para-hydroxylation sites is 2. The highest BCUT2D eigenvalue weighted by molar-refractivity contribution is 7.80. The molecule has 0 fully saturated rings. The Morgan fingerprint density at radius 1 is 1.00 bits per heavy atom. The van der Waals surface area contributed by atoms with Gasteiger partial charge in [0.1, 0.15) is 5.52 Å². The number of carbonyl (C=O) groups is 1. The van der Waals surface area contributed by atoms with Crippen LogP contribution in [0.4, 0.5) is 5.69 Å². The zero-order chi connectivity index (χ0) is 22.7. The van der Waals surface area contributed by atoms with E-state index in [1.165, 1.54) is 14.2 Å². The second-order valence-corrected chi connectivity index (χ2v) is 7.35. The average molecular weight is 448 g/mol. The Kier molecular flexibility index (Phi) is 6.04. The van der Waals surface area contributed by atoms with Crippen LogP contribution in [0.5, 0.6) is 11.5 Å². The maximum Gasteiger partial charge on any atom is 0.257 e. The van der Waals surface area contributed by atoms with E-state index in [2.05, 4.69) is 15.6 Å². The molecule has 0 saturated carbocycles. The lowest BCUT2D eigenvalue weighted by Gasteiger charge is -2.14. The van der Waals surface area contributed by atoms with Gasteiger partial charge in [-0.1, -0.05) is 18.2 Å². The van der Waals surface area contributed by atoms with Crippen molar-refractivity contribution in [3.05, 3.63) is 71.8 Å². The standard InChI is InChI=1S/C24H21N3O4S/c1-14-16(23-25-18-8-4-5-10-19(18)31-23)7-6-9-17(14)26-24(32)27-22(28)15-11-12-20(29-2)21(13-15)30-3/h4-13H,1-3H3,(H2,26,27,28,32). The number of nitrogens with one attached hydrogen (secondary N) is 2. The maximum absolute atomic E-state index is 12.6. The molecule has 32 heavy (non-hydrogen) atoms. The summed E-state index contributed by atoms with van der Waals surface area (Å²) in [5.74, 6) is 1.15. The highest BCUT2D eigenvalue weighted by Crippen LogP contribution is 2.30. The number of thiocarbonyl (C=S) groups is 1. The molecule has 4 rings (SSSR count). The Balaban J connectivity index is 1.51. The van der Waals surface area contributed by atoms with Crippen LogP contribution < -0.4 is 20.1 Å². The molecule has 0 unspecified atom stereocenters. The van der Waals surface area contributed by atoms with E-state index in [4.69, 9.17) is 26.1 Å². The van der Waals surface area contributed by atoms with E-state index >= 15 is 0 Å². The second-order valence-electron chi connectivity index (χ2n) is 6.94. The number of nitrogens with zero attached hydrogens (tertiary/aromatic N) is 1. The van der Waals surface area contributed by atoms with E-state index in [1.807, 2.05) is 49.4 Å². The summed E-state index contributed by atoms with van der Waals surface area (Å²) in [7, 11) is 3.05. The molecule has 1 aromatic heterocycles. The van der Waals surface area contributed by atoms with Gasteiger partial charge in [-0.05, 0) is 67.2 Å². The first-order chi connectivity index (χ1) is 15.5. The van der Waals surface area contributed by atoms with Gasteiger partial charge in [-0.2, -0.15) is 0 Å². The van der Waals surface area contributed by atoms with Crippen LogP contribution in [0, 0.1) is 6.92 Å². The minimum absolute atomic E-state index is 0.169. The van der Waals surface area contributed by atoms with E-state index in [-0.39, 0.29) is 11.0 Å². The van der Waals surface area contributed by atoms with Crippen LogP contribution in [-0.2, 0) is 0 Å². The third-order valence-electron chi connectivity index (χ3n) is 4.98. The first kappa shape index (κ1) is 21.3. The van der Waals surface area contributed by atoms with Crippen molar-refractivity contribution < 1.29 is 18.7 Å². The Labute approximate surface area is 190 Å². The largest absolute Gasteiger partial charge is 0.493 e. The lowest BCUT2D eigenvalue weighted by molar-refractivity contribution is 0.0977. The predicted molar refractivity (Wildman–Crippen MR) is 127 cm³/mol. The van der Waals surface area contributed by atoms with E-state index in [1.54, 1.807) is 18.2 Å². The molecule has 162 valence electrons. The smallest absolute Gasteiger partial charge is 0.257 e. The lowest BCUT2D eigenvalue weighted by atomic mass is 10.1. The van der Waals surface area contributed by atoms with Crippen LogP contribution in [0.2, 0.25) is 0 Å². The summed E-state index contributed by atoms with van der Waals surface area (Å²) in [6.07, 6.45) is 0. The highest BCUT2D eigenvalue weighted by atomic mass is 32.1. The van der Waals surface area contributed by atoms with E-state index in [0.29, 0.717) is 23.0 Å². The van der Waals surface area contributed by atoms with Gasteiger partial charge in [0.2, 0.25) is 5.89 Å². The van der Waals surface area contributed by atoms with Crippen molar-refractivity contribution in [2.45, 2.75) is 6.92 Å². The number of oxazole rings is 1. The molecule has 0 spiro atoms. The topological polar surface area (TPSA) is 85.6 Å². The van der Waals surface area contributed by atoms with Crippen molar-refractivity contribution in [3.8, 4) is 23.0 Å². The molecule has 3 aromatic carbocycles. The summed E-state index contributed by atoms with van der Waals surface area (Å²) in [6.45, 7) is 1.94. The molecule has 2 N–H and O–H groups in total. The van der Waals surface area contributed by atoms with Gasteiger partial charge in [-0.3, -0.25) is 10.1 Å². The zero-order valence-corrected chi connectivity index (χ0v) is 18.6. The Hall–Kier alpha value is -3.91. The molecule has 1 heterocycles. The first-order valence-electron chi connectivity index (χ1n) is 9.80. The average Bonchev–Trinajstić information content (AvgIpc) is 3.23. The molecule has 0 atom stereocenters.